The van der Waals surface area contributed by atoms with Gasteiger partial charge in [-0.2, -0.15) is 0 Å². The van der Waals surface area contributed by atoms with Crippen LogP contribution in [-0.4, -0.2) is 30.0 Å². The highest BCUT2D eigenvalue weighted by Crippen LogP contribution is 2.36. The molecule has 2 aromatic rings. The Labute approximate surface area is 119 Å². The summed E-state index contributed by atoms with van der Waals surface area (Å²) >= 11 is 0. The molecule has 0 aliphatic carbocycles. The molecular weight excluding hydrogens is 248 g/mol. The highest BCUT2D eigenvalue weighted by atomic mass is 16.2. The molecule has 0 aromatic heterocycles. The van der Waals surface area contributed by atoms with Gasteiger partial charge in [-0.15, -0.1) is 0 Å². The molecule has 3 rings (SSSR count). The normalized spacial score (nSPS) is 17.6. The molecule has 1 unspecified atom stereocenters. The molecule has 3 nitrogen and oxygen atoms in total. The van der Waals surface area contributed by atoms with Crippen molar-refractivity contribution >= 4 is 5.91 Å². The van der Waals surface area contributed by atoms with Crippen LogP contribution < -0.4 is 0 Å². The number of carbonyl (C=O) groups excluding carboxylic acids is 1. The molecule has 102 valence electrons. The first-order valence-electron chi connectivity index (χ1n) is 6.82. The van der Waals surface area contributed by atoms with Crippen molar-refractivity contribution in [3.05, 3.63) is 71.3 Å². The standard InChI is InChI=1S/C17H18N2O/c1-18(2)19-16(12-13-8-4-3-5-9-13)14-10-6-7-11-15(14)17(19)20/h3-11,16H,12H2,1-2H3. The molecule has 1 aliphatic rings. The van der Waals surface area contributed by atoms with Crippen molar-refractivity contribution in [2.45, 2.75) is 12.5 Å². The number of hydrazine groups is 1. The van der Waals surface area contributed by atoms with Crippen LogP contribution >= 0.6 is 0 Å². The largest absolute Gasteiger partial charge is 0.269 e. The number of rotatable bonds is 3. The van der Waals surface area contributed by atoms with Gasteiger partial charge in [0.15, 0.2) is 0 Å². The number of amides is 1. The number of nitrogens with zero attached hydrogens (tertiary/aromatic N) is 2. The summed E-state index contributed by atoms with van der Waals surface area (Å²) in [6.07, 6.45) is 0.835. The molecule has 1 amide bonds. The van der Waals surface area contributed by atoms with Crippen LogP contribution in [0.3, 0.4) is 0 Å². The van der Waals surface area contributed by atoms with Crippen molar-refractivity contribution in [3.63, 3.8) is 0 Å². The zero-order chi connectivity index (χ0) is 14.1. The maximum absolute atomic E-state index is 12.5. The van der Waals surface area contributed by atoms with Crippen LogP contribution in [0.15, 0.2) is 54.6 Å². The van der Waals surface area contributed by atoms with Gasteiger partial charge in [-0.05, 0) is 23.6 Å². The maximum Gasteiger partial charge on any atom is 0.269 e. The van der Waals surface area contributed by atoms with E-state index in [-0.39, 0.29) is 11.9 Å². The summed E-state index contributed by atoms with van der Waals surface area (Å²) in [6, 6.07) is 18.3. The molecule has 1 atom stereocenters. The summed E-state index contributed by atoms with van der Waals surface area (Å²) in [6.45, 7) is 0. The summed E-state index contributed by atoms with van der Waals surface area (Å²) in [4.78, 5) is 12.5. The van der Waals surface area contributed by atoms with Gasteiger partial charge < -0.3 is 0 Å². The maximum atomic E-state index is 12.5. The van der Waals surface area contributed by atoms with Crippen molar-refractivity contribution in [2.75, 3.05) is 14.1 Å². The van der Waals surface area contributed by atoms with E-state index in [1.165, 1.54) is 5.56 Å². The van der Waals surface area contributed by atoms with Crippen LogP contribution in [-0.2, 0) is 6.42 Å². The van der Waals surface area contributed by atoms with Crippen LogP contribution in [0.1, 0.15) is 27.5 Å². The van der Waals surface area contributed by atoms with Gasteiger partial charge in [-0.3, -0.25) is 9.80 Å². The molecule has 3 heteroatoms. The Morgan fingerprint density at radius 2 is 1.65 bits per heavy atom. The predicted octanol–water partition coefficient (Wildman–Crippen LogP) is 2.90. The van der Waals surface area contributed by atoms with E-state index in [2.05, 4.69) is 18.2 Å². The summed E-state index contributed by atoms with van der Waals surface area (Å²) < 4.78 is 0. The van der Waals surface area contributed by atoms with Gasteiger partial charge in [0, 0.05) is 19.7 Å². The quantitative estimate of drug-likeness (QED) is 0.853. The first-order valence-corrected chi connectivity index (χ1v) is 6.82. The van der Waals surface area contributed by atoms with Crippen LogP contribution in [0.2, 0.25) is 0 Å². The topological polar surface area (TPSA) is 23.6 Å². The second-order valence-corrected chi connectivity index (χ2v) is 5.29. The molecule has 0 spiro atoms. The van der Waals surface area contributed by atoms with Gasteiger partial charge in [-0.1, -0.05) is 48.5 Å². The smallest absolute Gasteiger partial charge is 0.268 e. The third-order valence-electron chi connectivity index (χ3n) is 3.76. The Hall–Kier alpha value is -2.13. The molecule has 0 fully saturated rings. The average molecular weight is 266 g/mol. The molecule has 1 heterocycles. The lowest BCUT2D eigenvalue weighted by Crippen LogP contribution is -2.40. The Morgan fingerprint density at radius 3 is 2.35 bits per heavy atom. The van der Waals surface area contributed by atoms with Crippen LogP contribution in [0.25, 0.3) is 0 Å². The minimum atomic E-state index is 0.0797. The van der Waals surface area contributed by atoms with Crippen LogP contribution in [0, 0.1) is 0 Å². The van der Waals surface area contributed by atoms with Crippen molar-refractivity contribution in [1.82, 2.24) is 10.0 Å². The van der Waals surface area contributed by atoms with E-state index < -0.39 is 0 Å². The SMILES string of the molecule is CN(C)N1C(=O)c2ccccc2C1Cc1ccccc1. The van der Waals surface area contributed by atoms with Gasteiger partial charge in [0.2, 0.25) is 0 Å². The fourth-order valence-corrected chi connectivity index (χ4v) is 2.87. The minimum Gasteiger partial charge on any atom is -0.268 e. The van der Waals surface area contributed by atoms with E-state index in [0.717, 1.165) is 17.5 Å². The van der Waals surface area contributed by atoms with Gasteiger partial charge in [-0.25, -0.2) is 5.01 Å². The van der Waals surface area contributed by atoms with E-state index in [9.17, 15) is 4.79 Å². The lowest BCUT2D eigenvalue weighted by Gasteiger charge is -2.31. The monoisotopic (exact) mass is 266 g/mol. The summed E-state index contributed by atoms with van der Waals surface area (Å²) in [7, 11) is 3.84. The van der Waals surface area contributed by atoms with E-state index >= 15 is 0 Å². The summed E-state index contributed by atoms with van der Waals surface area (Å²) in [5.41, 5.74) is 3.19. The van der Waals surface area contributed by atoms with Crippen LogP contribution in [0.4, 0.5) is 0 Å². The first-order chi connectivity index (χ1) is 9.68. The molecule has 0 saturated carbocycles. The molecule has 20 heavy (non-hydrogen) atoms. The highest BCUT2D eigenvalue weighted by Gasteiger charge is 2.37. The van der Waals surface area contributed by atoms with E-state index in [0.29, 0.717) is 0 Å². The fourth-order valence-electron chi connectivity index (χ4n) is 2.87. The third kappa shape index (κ3) is 2.10. The van der Waals surface area contributed by atoms with E-state index in [1.54, 1.807) is 0 Å². The molecule has 0 radical (unpaired) electrons. The fraction of sp³-hybridized carbons (Fsp3) is 0.235. The van der Waals surface area contributed by atoms with Gasteiger partial charge in [0.05, 0.1) is 6.04 Å². The predicted molar refractivity (Wildman–Crippen MR) is 79.2 cm³/mol. The number of carbonyl (C=O) groups is 1. The van der Waals surface area contributed by atoms with E-state index in [1.807, 2.05) is 60.5 Å². The Morgan fingerprint density at radius 1 is 1.00 bits per heavy atom. The van der Waals surface area contributed by atoms with Crippen molar-refractivity contribution < 1.29 is 4.79 Å². The first kappa shape index (κ1) is 12.9. The van der Waals surface area contributed by atoms with Crippen molar-refractivity contribution in [2.24, 2.45) is 0 Å². The van der Waals surface area contributed by atoms with Gasteiger partial charge >= 0.3 is 0 Å². The molecule has 0 saturated heterocycles. The number of hydrogen-bond donors (Lipinski definition) is 0. The van der Waals surface area contributed by atoms with Crippen molar-refractivity contribution in [1.29, 1.82) is 0 Å². The van der Waals surface area contributed by atoms with E-state index in [4.69, 9.17) is 0 Å². The zero-order valence-electron chi connectivity index (χ0n) is 11.8. The highest BCUT2D eigenvalue weighted by molar-refractivity contribution is 5.98. The van der Waals surface area contributed by atoms with Crippen molar-refractivity contribution in [3.8, 4) is 0 Å². The summed E-state index contributed by atoms with van der Waals surface area (Å²) in [5, 5.41) is 3.73. The van der Waals surface area contributed by atoms with Gasteiger partial charge in [0.1, 0.15) is 0 Å². The number of benzene rings is 2. The molecule has 1 aliphatic heterocycles. The second-order valence-electron chi connectivity index (χ2n) is 5.29. The number of fused-ring (bicyclic) bond motifs is 1. The Bertz CT molecular complexity index is 622. The third-order valence-corrected chi connectivity index (χ3v) is 3.76. The molecular formula is C17H18N2O. The summed E-state index contributed by atoms with van der Waals surface area (Å²) in [5.74, 6) is 0.0894. The number of hydrogen-bond acceptors (Lipinski definition) is 2. The van der Waals surface area contributed by atoms with Gasteiger partial charge in [0.25, 0.3) is 5.91 Å². The Balaban J connectivity index is 2.00. The second kappa shape index (κ2) is 5.10. The molecule has 2 aromatic carbocycles. The zero-order valence-corrected chi connectivity index (χ0v) is 11.8. The minimum absolute atomic E-state index is 0.0797. The van der Waals surface area contributed by atoms with Crippen LogP contribution in [0.5, 0.6) is 0 Å². The molecule has 0 N–H and O–H groups in total. The Kier molecular flexibility index (Phi) is 3.28. The molecule has 0 bridgehead atoms. The lowest BCUT2D eigenvalue weighted by molar-refractivity contribution is 0.00268. The average Bonchev–Trinajstić information content (AvgIpc) is 2.74. The lowest BCUT2D eigenvalue weighted by atomic mass is 9.98.